The van der Waals surface area contributed by atoms with Gasteiger partial charge in [0.1, 0.15) is 11.4 Å². The van der Waals surface area contributed by atoms with E-state index in [4.69, 9.17) is 27.9 Å². The predicted octanol–water partition coefficient (Wildman–Crippen LogP) is 4.92. The van der Waals surface area contributed by atoms with Crippen molar-refractivity contribution in [3.05, 3.63) is 88.5 Å². The number of nitrogens with one attached hydrogen (secondary N) is 3. The molecule has 10 heteroatoms. The van der Waals surface area contributed by atoms with Crippen molar-refractivity contribution in [2.45, 2.75) is 0 Å². The van der Waals surface area contributed by atoms with Crippen molar-refractivity contribution in [1.82, 2.24) is 4.68 Å². The van der Waals surface area contributed by atoms with Crippen LogP contribution in [0.25, 0.3) is 10.9 Å². The highest BCUT2D eigenvalue weighted by atomic mass is 35.5. The lowest BCUT2D eigenvalue weighted by Gasteiger charge is -2.13. The topological polar surface area (TPSA) is 101 Å². The van der Waals surface area contributed by atoms with Crippen molar-refractivity contribution < 1.29 is 19.1 Å². The van der Waals surface area contributed by atoms with Gasteiger partial charge in [-0.2, -0.15) is 0 Å². The molecule has 0 fully saturated rings. The van der Waals surface area contributed by atoms with E-state index in [2.05, 4.69) is 16.1 Å². The third kappa shape index (κ3) is 5.14. The first kappa shape index (κ1) is 23.2. The highest BCUT2D eigenvalue weighted by Gasteiger charge is 2.21. The SMILES string of the molecule is COc1ccc(NC(=O)C(=O)Nn2c(C(=O)Nc3ccc(Cl)cc3)cc3cc(Cl)ccc32)cc1. The second-order valence-corrected chi connectivity index (χ2v) is 8.03. The molecule has 3 N–H and O–H groups in total. The molecule has 8 nitrogen and oxygen atoms in total. The highest BCUT2D eigenvalue weighted by Crippen LogP contribution is 2.24. The number of methoxy groups -OCH3 is 1. The zero-order chi connectivity index (χ0) is 24.2. The minimum atomic E-state index is -0.969. The van der Waals surface area contributed by atoms with E-state index in [1.165, 1.54) is 11.8 Å². The number of nitrogens with zero attached hydrogens (tertiary/aromatic N) is 1. The average Bonchev–Trinajstić information content (AvgIpc) is 3.18. The Morgan fingerprint density at radius 2 is 1.38 bits per heavy atom. The first-order valence-corrected chi connectivity index (χ1v) is 10.7. The van der Waals surface area contributed by atoms with Gasteiger partial charge in [0.05, 0.1) is 12.6 Å². The smallest absolute Gasteiger partial charge is 0.328 e. The monoisotopic (exact) mass is 496 g/mol. The number of carbonyl (C=O) groups excluding carboxylic acids is 3. The molecule has 172 valence electrons. The number of amides is 3. The fourth-order valence-electron chi connectivity index (χ4n) is 3.22. The molecule has 4 rings (SSSR count). The quantitative estimate of drug-likeness (QED) is 0.341. The predicted molar refractivity (Wildman–Crippen MR) is 132 cm³/mol. The van der Waals surface area contributed by atoms with Gasteiger partial charge < -0.3 is 15.4 Å². The van der Waals surface area contributed by atoms with E-state index in [-0.39, 0.29) is 5.69 Å². The lowest BCUT2D eigenvalue weighted by Crippen LogP contribution is -2.36. The molecule has 0 radical (unpaired) electrons. The van der Waals surface area contributed by atoms with Crippen LogP contribution in [0.2, 0.25) is 10.0 Å². The number of fused-ring (bicyclic) bond motifs is 1. The molecule has 0 unspecified atom stereocenters. The van der Waals surface area contributed by atoms with Crippen LogP contribution < -0.4 is 20.8 Å². The summed E-state index contributed by atoms with van der Waals surface area (Å²) in [4.78, 5) is 38.2. The molecule has 0 aliphatic rings. The molecule has 0 aliphatic carbocycles. The van der Waals surface area contributed by atoms with Crippen molar-refractivity contribution in [2.24, 2.45) is 0 Å². The summed E-state index contributed by atoms with van der Waals surface area (Å²) in [7, 11) is 1.52. The molecular weight excluding hydrogens is 479 g/mol. The zero-order valence-corrected chi connectivity index (χ0v) is 19.3. The second kappa shape index (κ2) is 9.86. The standard InChI is InChI=1S/C24H18Cl2N4O4/c1-34-19-9-7-18(8-10-19)28-23(32)24(33)29-30-20-11-4-16(26)12-14(20)13-21(30)22(31)27-17-5-2-15(25)3-6-17/h2-13H,1H3,(H,27,31)(H,28,32)(H,29,33). The van der Waals surface area contributed by atoms with E-state index in [0.29, 0.717) is 38.1 Å². The summed E-state index contributed by atoms with van der Waals surface area (Å²) in [5.74, 6) is -1.78. The van der Waals surface area contributed by atoms with Crippen molar-refractivity contribution in [3.63, 3.8) is 0 Å². The Morgan fingerprint density at radius 3 is 2.06 bits per heavy atom. The summed E-state index contributed by atoms with van der Waals surface area (Å²) in [5.41, 5.74) is 3.98. The summed E-state index contributed by atoms with van der Waals surface area (Å²) in [6, 6.07) is 19.5. The molecule has 0 bridgehead atoms. The van der Waals surface area contributed by atoms with Gasteiger partial charge in [-0.3, -0.25) is 19.8 Å². The largest absolute Gasteiger partial charge is 0.497 e. The first-order chi connectivity index (χ1) is 16.3. The van der Waals surface area contributed by atoms with Crippen LogP contribution in [0.4, 0.5) is 11.4 Å². The van der Waals surface area contributed by atoms with E-state index in [1.54, 1.807) is 72.8 Å². The molecular formula is C24H18Cl2N4O4. The van der Waals surface area contributed by atoms with E-state index in [9.17, 15) is 14.4 Å². The number of halogens is 2. The lowest BCUT2D eigenvalue weighted by molar-refractivity contribution is -0.133. The fraction of sp³-hybridized carbons (Fsp3) is 0.0417. The highest BCUT2D eigenvalue weighted by molar-refractivity contribution is 6.42. The number of ether oxygens (including phenoxy) is 1. The van der Waals surface area contributed by atoms with Crippen molar-refractivity contribution in [3.8, 4) is 5.75 Å². The number of rotatable bonds is 5. The summed E-state index contributed by atoms with van der Waals surface area (Å²) < 4.78 is 6.32. The van der Waals surface area contributed by atoms with Crippen molar-refractivity contribution >= 4 is 63.2 Å². The minimum Gasteiger partial charge on any atom is -0.497 e. The average molecular weight is 497 g/mol. The molecule has 0 saturated heterocycles. The van der Waals surface area contributed by atoms with Gasteiger partial charge in [0, 0.05) is 26.8 Å². The number of hydrogen-bond donors (Lipinski definition) is 3. The van der Waals surface area contributed by atoms with Gasteiger partial charge >= 0.3 is 11.8 Å². The maximum Gasteiger partial charge on any atom is 0.328 e. The van der Waals surface area contributed by atoms with Gasteiger partial charge in [0.15, 0.2) is 0 Å². The second-order valence-electron chi connectivity index (χ2n) is 7.15. The van der Waals surface area contributed by atoms with Crippen LogP contribution >= 0.6 is 23.2 Å². The first-order valence-electron chi connectivity index (χ1n) is 9.98. The van der Waals surface area contributed by atoms with Crippen LogP contribution in [0.3, 0.4) is 0 Å². The molecule has 0 spiro atoms. The summed E-state index contributed by atoms with van der Waals surface area (Å²) in [6.07, 6.45) is 0. The Bertz CT molecular complexity index is 1380. The van der Waals surface area contributed by atoms with E-state index < -0.39 is 17.7 Å². The summed E-state index contributed by atoms with van der Waals surface area (Å²) >= 11 is 12.0. The van der Waals surface area contributed by atoms with Gasteiger partial charge in [-0.1, -0.05) is 23.2 Å². The Kier molecular flexibility index (Phi) is 6.72. The number of benzene rings is 3. The van der Waals surface area contributed by atoms with E-state index in [0.717, 1.165) is 0 Å². The number of aromatic nitrogens is 1. The van der Waals surface area contributed by atoms with Gasteiger partial charge in [0.2, 0.25) is 0 Å². The molecule has 34 heavy (non-hydrogen) atoms. The van der Waals surface area contributed by atoms with E-state index >= 15 is 0 Å². The molecule has 0 atom stereocenters. The Balaban J connectivity index is 1.59. The van der Waals surface area contributed by atoms with Gasteiger partial charge in [-0.05, 0) is 72.8 Å². The van der Waals surface area contributed by atoms with Crippen LogP contribution in [0.5, 0.6) is 5.75 Å². The summed E-state index contributed by atoms with van der Waals surface area (Å²) in [5, 5.41) is 6.82. The van der Waals surface area contributed by atoms with Crippen LogP contribution in [-0.2, 0) is 9.59 Å². The molecule has 1 heterocycles. The molecule has 1 aromatic heterocycles. The number of carbonyl (C=O) groups is 3. The number of anilines is 2. The zero-order valence-electron chi connectivity index (χ0n) is 17.8. The molecule has 4 aromatic rings. The Hall–Kier alpha value is -4.01. The number of hydrogen-bond acceptors (Lipinski definition) is 4. The van der Waals surface area contributed by atoms with E-state index in [1.807, 2.05) is 0 Å². The Labute approximate surface area is 204 Å². The van der Waals surface area contributed by atoms with Crippen LogP contribution in [0.1, 0.15) is 10.5 Å². The van der Waals surface area contributed by atoms with Crippen LogP contribution in [-0.4, -0.2) is 29.5 Å². The fourth-order valence-corrected chi connectivity index (χ4v) is 3.52. The van der Waals surface area contributed by atoms with Gasteiger partial charge in [-0.25, -0.2) is 4.68 Å². The molecule has 3 amide bonds. The van der Waals surface area contributed by atoms with Crippen LogP contribution in [0.15, 0.2) is 72.8 Å². The molecule has 3 aromatic carbocycles. The normalized spacial score (nSPS) is 10.6. The maximum absolute atomic E-state index is 13.0. The van der Waals surface area contributed by atoms with Gasteiger partial charge in [0.25, 0.3) is 5.91 Å². The van der Waals surface area contributed by atoms with Gasteiger partial charge in [-0.15, -0.1) is 0 Å². The Morgan fingerprint density at radius 1 is 0.765 bits per heavy atom. The van der Waals surface area contributed by atoms with Crippen molar-refractivity contribution in [2.75, 3.05) is 23.2 Å². The van der Waals surface area contributed by atoms with Crippen molar-refractivity contribution in [1.29, 1.82) is 0 Å². The third-order valence-corrected chi connectivity index (χ3v) is 5.35. The third-order valence-electron chi connectivity index (χ3n) is 4.87. The molecule has 0 saturated carbocycles. The summed E-state index contributed by atoms with van der Waals surface area (Å²) in [6.45, 7) is 0. The van der Waals surface area contributed by atoms with Crippen LogP contribution in [0, 0.1) is 0 Å². The maximum atomic E-state index is 13.0. The lowest BCUT2D eigenvalue weighted by atomic mass is 10.2. The minimum absolute atomic E-state index is 0.0952. The molecule has 0 aliphatic heterocycles.